The first kappa shape index (κ1) is 13.9. The highest BCUT2D eigenvalue weighted by Crippen LogP contribution is 2.39. The van der Waals surface area contributed by atoms with E-state index in [2.05, 4.69) is 12.2 Å². The quantitative estimate of drug-likeness (QED) is 0.930. The molecule has 2 aliphatic heterocycles. The molecule has 1 N–H and O–H groups in total. The van der Waals surface area contributed by atoms with Gasteiger partial charge in [-0.15, -0.1) is 0 Å². The molecule has 0 bridgehead atoms. The number of nitrogens with one attached hydrogen (secondary N) is 1. The Hall–Kier alpha value is -1.07. The van der Waals surface area contributed by atoms with E-state index in [0.717, 1.165) is 47.8 Å². The molecule has 3 rings (SSSR count). The van der Waals surface area contributed by atoms with Crippen LogP contribution in [0.5, 0.6) is 11.5 Å². The lowest BCUT2D eigenvalue weighted by Crippen LogP contribution is -2.28. The largest absolute Gasteiger partial charge is 0.490 e. The zero-order chi connectivity index (χ0) is 13.9. The topological polar surface area (TPSA) is 47.6 Å². The molecule has 110 valence electrons. The summed E-state index contributed by atoms with van der Waals surface area (Å²) < 4.78 is 23.7. The molecule has 0 amide bonds. The Labute approximate surface area is 122 Å². The van der Waals surface area contributed by atoms with E-state index in [1.165, 1.54) is 0 Å². The third kappa shape index (κ3) is 2.69. The van der Waals surface area contributed by atoms with Gasteiger partial charge < -0.3 is 14.8 Å². The highest BCUT2D eigenvalue weighted by atomic mass is 32.2. The van der Waals surface area contributed by atoms with Crippen LogP contribution in [0, 0.1) is 0 Å². The second-order valence-electron chi connectivity index (χ2n) is 5.23. The van der Waals surface area contributed by atoms with Crippen molar-refractivity contribution in [1.82, 2.24) is 5.32 Å². The Morgan fingerprint density at radius 2 is 2.05 bits per heavy atom. The fourth-order valence-corrected chi connectivity index (χ4v) is 4.07. The Morgan fingerprint density at radius 3 is 2.80 bits per heavy atom. The molecule has 0 spiro atoms. The number of ether oxygens (including phenoxy) is 2. The molecule has 2 atom stereocenters. The van der Waals surface area contributed by atoms with E-state index in [9.17, 15) is 4.21 Å². The van der Waals surface area contributed by atoms with E-state index in [0.29, 0.717) is 19.0 Å². The first-order chi connectivity index (χ1) is 9.79. The molecule has 5 heteroatoms. The average molecular weight is 295 g/mol. The minimum absolute atomic E-state index is 0.278. The summed E-state index contributed by atoms with van der Waals surface area (Å²) in [5, 5.41) is 3.54. The first-order valence-electron chi connectivity index (χ1n) is 7.35. The molecule has 0 saturated carbocycles. The van der Waals surface area contributed by atoms with Crippen LogP contribution in [0.4, 0.5) is 0 Å². The smallest absolute Gasteiger partial charge is 0.162 e. The molecule has 0 fully saturated rings. The van der Waals surface area contributed by atoms with Crippen molar-refractivity contribution < 1.29 is 13.7 Å². The molecule has 4 nitrogen and oxygen atoms in total. The van der Waals surface area contributed by atoms with Gasteiger partial charge in [0.1, 0.15) is 0 Å². The Kier molecular flexibility index (Phi) is 4.27. The number of benzene rings is 1. The van der Waals surface area contributed by atoms with Gasteiger partial charge >= 0.3 is 0 Å². The summed E-state index contributed by atoms with van der Waals surface area (Å²) in [6.07, 6.45) is 2.90. The van der Waals surface area contributed by atoms with Gasteiger partial charge in [0.2, 0.25) is 0 Å². The van der Waals surface area contributed by atoms with Gasteiger partial charge in [-0.1, -0.05) is 6.92 Å². The molecule has 1 aromatic rings. The standard InChI is InChI=1S/C15H21NO3S/c1-2-5-16-12-4-8-20(17)15-10-14-13(9-11(12)15)18-6-3-7-19-14/h9-10,12,16H,2-8H2,1H3. The van der Waals surface area contributed by atoms with Crippen molar-refractivity contribution in [1.29, 1.82) is 0 Å². The van der Waals surface area contributed by atoms with Crippen LogP contribution in [0.15, 0.2) is 17.0 Å². The SMILES string of the molecule is CCCNC1CCS(=O)c2cc3c(cc21)OCCCO3. The summed E-state index contributed by atoms with van der Waals surface area (Å²) in [5.74, 6) is 2.25. The van der Waals surface area contributed by atoms with Gasteiger partial charge in [0.25, 0.3) is 0 Å². The fourth-order valence-electron chi connectivity index (χ4n) is 2.70. The fraction of sp³-hybridized carbons (Fsp3) is 0.600. The summed E-state index contributed by atoms with van der Waals surface area (Å²) in [4.78, 5) is 0.911. The van der Waals surface area contributed by atoms with Crippen LogP contribution in [-0.4, -0.2) is 29.7 Å². The number of fused-ring (bicyclic) bond motifs is 2. The van der Waals surface area contributed by atoms with Gasteiger partial charge in [0.15, 0.2) is 11.5 Å². The second kappa shape index (κ2) is 6.14. The molecule has 1 aromatic carbocycles. The number of hydrogen-bond donors (Lipinski definition) is 1. The second-order valence-corrected chi connectivity index (χ2v) is 6.77. The monoisotopic (exact) mass is 295 g/mol. The maximum Gasteiger partial charge on any atom is 0.162 e. The number of hydrogen-bond acceptors (Lipinski definition) is 4. The zero-order valence-corrected chi connectivity index (χ0v) is 12.6. The molecule has 0 aromatic heterocycles. The van der Waals surface area contributed by atoms with E-state index in [4.69, 9.17) is 9.47 Å². The normalized spacial score (nSPS) is 24.9. The van der Waals surface area contributed by atoms with Crippen LogP contribution < -0.4 is 14.8 Å². The van der Waals surface area contributed by atoms with Crippen molar-refractivity contribution in [3.8, 4) is 11.5 Å². The van der Waals surface area contributed by atoms with Crippen LogP contribution in [0.1, 0.15) is 37.8 Å². The van der Waals surface area contributed by atoms with Gasteiger partial charge in [-0.05, 0) is 31.0 Å². The first-order valence-corrected chi connectivity index (χ1v) is 8.66. The highest BCUT2D eigenvalue weighted by molar-refractivity contribution is 7.85. The van der Waals surface area contributed by atoms with E-state index >= 15 is 0 Å². The van der Waals surface area contributed by atoms with Gasteiger partial charge in [-0.2, -0.15) is 0 Å². The zero-order valence-electron chi connectivity index (χ0n) is 11.8. The van der Waals surface area contributed by atoms with Gasteiger partial charge in [-0.25, -0.2) is 0 Å². The maximum absolute atomic E-state index is 12.3. The molecule has 2 unspecified atom stereocenters. The highest BCUT2D eigenvalue weighted by Gasteiger charge is 2.27. The maximum atomic E-state index is 12.3. The summed E-state index contributed by atoms with van der Waals surface area (Å²) in [5.41, 5.74) is 1.12. The van der Waals surface area contributed by atoms with Crippen LogP contribution >= 0.6 is 0 Å². The number of rotatable bonds is 3. The van der Waals surface area contributed by atoms with Crippen LogP contribution in [-0.2, 0) is 10.8 Å². The molecule has 2 aliphatic rings. The van der Waals surface area contributed by atoms with Gasteiger partial charge in [0, 0.05) is 29.2 Å². The summed E-state index contributed by atoms with van der Waals surface area (Å²) >= 11 is 0. The van der Waals surface area contributed by atoms with Gasteiger partial charge in [0.05, 0.1) is 24.0 Å². The lowest BCUT2D eigenvalue weighted by atomic mass is 10.0. The lowest BCUT2D eigenvalue weighted by molar-refractivity contribution is 0.296. The van der Waals surface area contributed by atoms with Crippen molar-refractivity contribution in [3.05, 3.63) is 17.7 Å². The molecule has 0 radical (unpaired) electrons. The van der Waals surface area contributed by atoms with Crippen molar-refractivity contribution in [2.45, 2.75) is 37.1 Å². The third-order valence-electron chi connectivity index (χ3n) is 3.73. The summed E-state index contributed by atoms with van der Waals surface area (Å²) in [7, 11) is -0.921. The van der Waals surface area contributed by atoms with E-state index < -0.39 is 10.8 Å². The van der Waals surface area contributed by atoms with E-state index in [1.54, 1.807) is 0 Å². The molecule has 2 heterocycles. The lowest BCUT2D eigenvalue weighted by Gasteiger charge is -2.27. The minimum atomic E-state index is -0.921. The van der Waals surface area contributed by atoms with E-state index in [1.807, 2.05) is 12.1 Å². The van der Waals surface area contributed by atoms with Crippen molar-refractivity contribution >= 4 is 10.8 Å². The Balaban J connectivity index is 1.97. The summed E-state index contributed by atoms with van der Waals surface area (Å²) in [6.45, 7) is 4.48. The van der Waals surface area contributed by atoms with Crippen molar-refractivity contribution in [2.24, 2.45) is 0 Å². The van der Waals surface area contributed by atoms with Crippen molar-refractivity contribution in [2.75, 3.05) is 25.5 Å². The van der Waals surface area contributed by atoms with Crippen LogP contribution in [0.25, 0.3) is 0 Å². The molecule has 20 heavy (non-hydrogen) atoms. The van der Waals surface area contributed by atoms with E-state index in [-0.39, 0.29) is 6.04 Å². The predicted octanol–water partition coefficient (Wildman–Crippen LogP) is 2.40. The van der Waals surface area contributed by atoms with Crippen molar-refractivity contribution in [3.63, 3.8) is 0 Å². The molecular weight excluding hydrogens is 274 g/mol. The predicted molar refractivity (Wildman–Crippen MR) is 79.0 cm³/mol. The van der Waals surface area contributed by atoms with Gasteiger partial charge in [-0.3, -0.25) is 4.21 Å². The molecular formula is C15H21NO3S. The summed E-state index contributed by atoms with van der Waals surface area (Å²) in [6, 6.07) is 4.23. The minimum Gasteiger partial charge on any atom is -0.490 e. The van der Waals surface area contributed by atoms with Crippen LogP contribution in [0.2, 0.25) is 0 Å². The van der Waals surface area contributed by atoms with Crippen LogP contribution in [0.3, 0.4) is 0 Å². The Bertz CT molecular complexity index is 518. The average Bonchev–Trinajstić information content (AvgIpc) is 2.70. The third-order valence-corrected chi connectivity index (χ3v) is 5.18. The Morgan fingerprint density at radius 1 is 1.30 bits per heavy atom. The molecule has 0 saturated heterocycles. The molecule has 0 aliphatic carbocycles.